The van der Waals surface area contributed by atoms with Gasteiger partial charge in [0.2, 0.25) is 0 Å². The summed E-state index contributed by atoms with van der Waals surface area (Å²) in [7, 11) is 0. The van der Waals surface area contributed by atoms with Gasteiger partial charge in [-0.15, -0.1) is 0 Å². The van der Waals surface area contributed by atoms with Crippen LogP contribution in [0.3, 0.4) is 0 Å². The zero-order valence-electron chi connectivity index (χ0n) is 18.1. The Balaban J connectivity index is 1.47. The van der Waals surface area contributed by atoms with Gasteiger partial charge < -0.3 is 9.80 Å². The summed E-state index contributed by atoms with van der Waals surface area (Å²) >= 11 is 0. The maximum atomic E-state index is 13.1. The van der Waals surface area contributed by atoms with Crippen molar-refractivity contribution in [1.29, 1.82) is 16.1 Å². The van der Waals surface area contributed by atoms with Crippen molar-refractivity contribution in [3.8, 4) is 6.07 Å². The van der Waals surface area contributed by atoms with Crippen LogP contribution >= 0.6 is 0 Å². The maximum absolute atomic E-state index is 13.1. The van der Waals surface area contributed by atoms with E-state index in [2.05, 4.69) is 16.0 Å². The van der Waals surface area contributed by atoms with Crippen molar-refractivity contribution in [2.24, 2.45) is 5.92 Å². The smallest absolute Gasteiger partial charge is 0.330 e. The van der Waals surface area contributed by atoms with Crippen LogP contribution in [0.1, 0.15) is 19.5 Å². The normalized spacial score (nSPS) is 16.2. The van der Waals surface area contributed by atoms with Gasteiger partial charge in [0.25, 0.3) is 0 Å². The fourth-order valence-corrected chi connectivity index (χ4v) is 3.77. The van der Waals surface area contributed by atoms with Crippen molar-refractivity contribution >= 4 is 35.5 Å². The molecule has 10 heteroatoms. The van der Waals surface area contributed by atoms with E-state index in [0.29, 0.717) is 43.4 Å². The van der Waals surface area contributed by atoms with Crippen molar-refractivity contribution in [1.82, 2.24) is 14.9 Å². The summed E-state index contributed by atoms with van der Waals surface area (Å²) in [4.78, 5) is 28.9. The summed E-state index contributed by atoms with van der Waals surface area (Å²) in [5.41, 5.74) is 1.11. The minimum atomic E-state index is -0.197. The highest BCUT2D eigenvalue weighted by Gasteiger charge is 2.33. The molecule has 2 aliphatic heterocycles. The topological polar surface area (TPSA) is 127 Å². The van der Waals surface area contributed by atoms with Crippen LogP contribution in [0.15, 0.2) is 36.5 Å². The van der Waals surface area contributed by atoms with Crippen LogP contribution in [-0.2, 0) is 0 Å². The number of anilines is 3. The Hall–Kier alpha value is -4.00. The lowest BCUT2D eigenvalue weighted by molar-refractivity contribution is 0.255. The Kier molecular flexibility index (Phi) is 5.73. The van der Waals surface area contributed by atoms with Crippen molar-refractivity contribution < 1.29 is 4.79 Å². The third-order valence-corrected chi connectivity index (χ3v) is 5.65. The van der Waals surface area contributed by atoms with Gasteiger partial charge in [0.05, 0.1) is 30.2 Å². The third kappa shape index (κ3) is 3.85. The highest BCUT2D eigenvalue weighted by Crippen LogP contribution is 2.27. The van der Waals surface area contributed by atoms with Gasteiger partial charge in [-0.3, -0.25) is 20.6 Å². The van der Waals surface area contributed by atoms with Crippen molar-refractivity contribution in [2.45, 2.75) is 19.9 Å². The number of pyridine rings is 2. The van der Waals surface area contributed by atoms with E-state index >= 15 is 0 Å². The van der Waals surface area contributed by atoms with Crippen LogP contribution in [0.5, 0.6) is 0 Å². The Labute approximate surface area is 186 Å². The van der Waals surface area contributed by atoms with E-state index in [4.69, 9.17) is 16.1 Å². The van der Waals surface area contributed by atoms with Gasteiger partial charge in [-0.25, -0.2) is 14.8 Å². The molecular formula is C22H25N9O. The molecule has 0 aromatic carbocycles. The van der Waals surface area contributed by atoms with E-state index in [1.165, 1.54) is 4.90 Å². The maximum Gasteiger partial charge on any atom is 0.330 e. The lowest BCUT2D eigenvalue weighted by Gasteiger charge is -2.36. The number of hydrogen-bond acceptors (Lipinski definition) is 7. The number of amides is 2. The molecule has 2 saturated heterocycles. The predicted octanol–water partition coefficient (Wildman–Crippen LogP) is 2.53. The molecule has 2 amide bonds. The summed E-state index contributed by atoms with van der Waals surface area (Å²) in [5.74, 6) is 1.45. The number of nitrogens with zero attached hydrogens (tertiary/aromatic N) is 7. The summed E-state index contributed by atoms with van der Waals surface area (Å²) in [6, 6.07) is 11.0. The molecule has 32 heavy (non-hydrogen) atoms. The van der Waals surface area contributed by atoms with Crippen LogP contribution in [-0.4, -0.2) is 65.3 Å². The zero-order valence-corrected chi connectivity index (χ0v) is 18.1. The molecular weight excluding hydrogens is 406 g/mol. The van der Waals surface area contributed by atoms with E-state index in [-0.39, 0.29) is 23.8 Å². The van der Waals surface area contributed by atoms with Crippen molar-refractivity contribution in [3.05, 3.63) is 42.2 Å². The first-order chi connectivity index (χ1) is 15.4. The Morgan fingerprint density at radius 3 is 2.59 bits per heavy atom. The molecule has 0 bridgehead atoms. The van der Waals surface area contributed by atoms with Crippen LogP contribution in [0.25, 0.3) is 0 Å². The van der Waals surface area contributed by atoms with Gasteiger partial charge >= 0.3 is 6.03 Å². The van der Waals surface area contributed by atoms with E-state index in [0.717, 1.165) is 12.2 Å². The molecule has 164 valence electrons. The molecule has 4 rings (SSSR count). The van der Waals surface area contributed by atoms with E-state index in [1.807, 2.05) is 30.9 Å². The number of amidine groups is 1. The number of urea groups is 1. The second-order valence-electron chi connectivity index (χ2n) is 8.05. The first-order valence-corrected chi connectivity index (χ1v) is 10.5. The van der Waals surface area contributed by atoms with Gasteiger partial charge in [-0.05, 0) is 38.1 Å². The summed E-state index contributed by atoms with van der Waals surface area (Å²) in [6.07, 6.45) is 2.79. The molecule has 2 N–H and O–H groups in total. The molecule has 2 fully saturated rings. The van der Waals surface area contributed by atoms with E-state index in [1.54, 1.807) is 34.2 Å². The van der Waals surface area contributed by atoms with Crippen LogP contribution in [0.2, 0.25) is 0 Å². The molecule has 2 aromatic heterocycles. The third-order valence-electron chi connectivity index (χ3n) is 5.65. The Morgan fingerprint density at radius 2 is 1.97 bits per heavy atom. The second kappa shape index (κ2) is 8.63. The number of nitrogens with one attached hydrogen (secondary N) is 2. The minimum absolute atomic E-state index is 0.0492. The molecule has 0 spiro atoms. The second-order valence-corrected chi connectivity index (χ2v) is 8.05. The number of nitriles is 1. The number of carbonyl (C=O) groups is 1. The summed E-state index contributed by atoms with van der Waals surface area (Å²) in [6.45, 7) is 6.13. The molecule has 0 radical (unpaired) electrons. The predicted molar refractivity (Wildman–Crippen MR) is 122 cm³/mol. The lowest BCUT2D eigenvalue weighted by atomic mass is 10.0. The number of rotatable bonds is 6. The minimum Gasteiger partial charge on any atom is -0.354 e. The highest BCUT2D eigenvalue weighted by molar-refractivity contribution is 6.06. The van der Waals surface area contributed by atoms with Gasteiger partial charge in [-0.2, -0.15) is 5.26 Å². The number of hydrogen-bond donors (Lipinski definition) is 2. The standard InChI is InChI=1S/C22H25N9O/c1-15(2)31(14-24)21(25)18-4-3-5-20(27-18)30-9-8-29(22(30)32)17-6-7-19(26-11-17)28-12-16(10-23)13-28/h3-7,11,14-16,24-25H,8-9,12-13H2,1-2H3. The molecule has 0 unspecified atom stereocenters. The summed E-state index contributed by atoms with van der Waals surface area (Å²) < 4.78 is 0. The van der Waals surface area contributed by atoms with E-state index < -0.39 is 0 Å². The molecule has 0 aliphatic carbocycles. The van der Waals surface area contributed by atoms with Gasteiger partial charge in [0.1, 0.15) is 17.3 Å². The van der Waals surface area contributed by atoms with Crippen LogP contribution < -0.4 is 14.7 Å². The van der Waals surface area contributed by atoms with Crippen molar-refractivity contribution in [3.63, 3.8) is 0 Å². The summed E-state index contributed by atoms with van der Waals surface area (Å²) in [5, 5.41) is 24.9. The molecule has 4 heterocycles. The average Bonchev–Trinajstić information content (AvgIpc) is 3.15. The zero-order chi connectivity index (χ0) is 22.8. The molecule has 2 aliphatic rings. The SMILES string of the molecule is CC(C)N(C=N)C(=N)c1cccc(N2CCN(c3ccc(N4CC(C#N)C4)nc3)C2=O)n1. The van der Waals surface area contributed by atoms with Gasteiger partial charge in [0, 0.05) is 32.2 Å². The Morgan fingerprint density at radius 1 is 1.22 bits per heavy atom. The molecule has 10 nitrogen and oxygen atoms in total. The fraction of sp³-hybridized carbons (Fsp3) is 0.364. The number of carbonyl (C=O) groups excluding carboxylic acids is 1. The average molecular weight is 432 g/mol. The first-order valence-electron chi connectivity index (χ1n) is 10.5. The van der Waals surface area contributed by atoms with Gasteiger partial charge in [-0.1, -0.05) is 6.07 Å². The monoisotopic (exact) mass is 431 g/mol. The lowest BCUT2D eigenvalue weighted by Crippen LogP contribution is -2.46. The van der Waals surface area contributed by atoms with E-state index in [9.17, 15) is 4.79 Å². The van der Waals surface area contributed by atoms with Crippen LogP contribution in [0, 0.1) is 28.1 Å². The first kappa shape index (κ1) is 21.2. The van der Waals surface area contributed by atoms with Crippen LogP contribution in [0.4, 0.5) is 22.1 Å². The fourth-order valence-electron chi connectivity index (χ4n) is 3.77. The number of aromatic nitrogens is 2. The highest BCUT2D eigenvalue weighted by atomic mass is 16.2. The Bertz CT molecular complexity index is 1070. The molecule has 2 aromatic rings. The van der Waals surface area contributed by atoms with Gasteiger partial charge in [0.15, 0.2) is 5.84 Å². The van der Waals surface area contributed by atoms with Crippen molar-refractivity contribution in [2.75, 3.05) is 40.9 Å². The molecule has 0 atom stereocenters. The quantitative estimate of drug-likeness (QED) is 0.534. The largest absolute Gasteiger partial charge is 0.354 e. The molecule has 0 saturated carbocycles.